The van der Waals surface area contributed by atoms with Crippen molar-refractivity contribution in [2.45, 2.75) is 12.1 Å². The van der Waals surface area contributed by atoms with Crippen molar-refractivity contribution in [3.05, 3.63) is 12.2 Å². The smallest absolute Gasteiger partial charge is 0.362 e. The molecule has 1 N–H and O–H groups in total. The SMILES string of the molecule is COP(=O)(OC)C(O)/C=C/C1OCCO1. The van der Waals surface area contributed by atoms with E-state index in [1.165, 1.54) is 26.4 Å². The molecule has 1 aliphatic rings. The molecule has 0 spiro atoms. The normalized spacial score (nSPS) is 21.3. The first-order valence-electron chi connectivity index (χ1n) is 4.43. The molecule has 1 rings (SSSR count). The zero-order valence-corrected chi connectivity index (χ0v) is 9.55. The second kappa shape index (κ2) is 5.75. The molecule has 6 nitrogen and oxygen atoms in total. The van der Waals surface area contributed by atoms with Gasteiger partial charge >= 0.3 is 7.60 Å². The Labute approximate surface area is 88.3 Å². The molecular formula is C8H15O6P. The van der Waals surface area contributed by atoms with E-state index in [-0.39, 0.29) is 0 Å². The Hall–Kier alpha value is -0.230. The van der Waals surface area contributed by atoms with Gasteiger partial charge in [-0.2, -0.15) is 0 Å². The van der Waals surface area contributed by atoms with Gasteiger partial charge in [-0.25, -0.2) is 0 Å². The Balaban J connectivity index is 2.52. The average Bonchev–Trinajstić information content (AvgIpc) is 2.77. The Morgan fingerprint density at radius 2 is 1.93 bits per heavy atom. The van der Waals surface area contributed by atoms with Crippen LogP contribution in [0.4, 0.5) is 0 Å². The molecule has 0 radical (unpaired) electrons. The average molecular weight is 238 g/mol. The molecule has 0 saturated carbocycles. The topological polar surface area (TPSA) is 74.2 Å². The van der Waals surface area contributed by atoms with Gasteiger partial charge in [0.1, 0.15) is 0 Å². The van der Waals surface area contributed by atoms with E-state index in [9.17, 15) is 9.67 Å². The number of aliphatic hydroxyl groups excluding tert-OH is 1. The first-order valence-corrected chi connectivity index (χ1v) is 6.04. The van der Waals surface area contributed by atoms with E-state index in [0.717, 1.165) is 0 Å². The highest BCUT2D eigenvalue weighted by Gasteiger charge is 2.30. The summed E-state index contributed by atoms with van der Waals surface area (Å²) in [5.74, 6) is -1.32. The fourth-order valence-corrected chi connectivity index (χ4v) is 1.97. The number of rotatable bonds is 5. The van der Waals surface area contributed by atoms with Crippen LogP contribution in [0.2, 0.25) is 0 Å². The van der Waals surface area contributed by atoms with Crippen LogP contribution in [0.25, 0.3) is 0 Å². The van der Waals surface area contributed by atoms with Crippen LogP contribution in [-0.4, -0.2) is 44.7 Å². The summed E-state index contributed by atoms with van der Waals surface area (Å²) >= 11 is 0. The first kappa shape index (κ1) is 12.8. The highest BCUT2D eigenvalue weighted by molar-refractivity contribution is 7.54. The van der Waals surface area contributed by atoms with Gasteiger partial charge in [0.05, 0.1) is 13.2 Å². The van der Waals surface area contributed by atoms with Crippen LogP contribution < -0.4 is 0 Å². The van der Waals surface area contributed by atoms with Crippen LogP contribution in [0.5, 0.6) is 0 Å². The Morgan fingerprint density at radius 1 is 1.40 bits per heavy atom. The first-order chi connectivity index (χ1) is 7.12. The molecule has 0 amide bonds. The van der Waals surface area contributed by atoms with Crippen LogP contribution in [0, 0.1) is 0 Å². The molecule has 1 atom stereocenters. The van der Waals surface area contributed by atoms with Gasteiger partial charge in [0.15, 0.2) is 12.1 Å². The van der Waals surface area contributed by atoms with Gasteiger partial charge in [-0.15, -0.1) is 0 Å². The lowest BCUT2D eigenvalue weighted by Crippen LogP contribution is -2.09. The zero-order valence-electron chi connectivity index (χ0n) is 8.66. The van der Waals surface area contributed by atoms with Crippen molar-refractivity contribution in [1.29, 1.82) is 0 Å². The number of hydrogen-bond donors (Lipinski definition) is 1. The van der Waals surface area contributed by atoms with E-state index < -0.39 is 19.7 Å². The maximum Gasteiger partial charge on any atom is 0.362 e. The van der Waals surface area contributed by atoms with Gasteiger partial charge in [-0.3, -0.25) is 4.57 Å². The van der Waals surface area contributed by atoms with Gasteiger partial charge < -0.3 is 23.6 Å². The lowest BCUT2D eigenvalue weighted by molar-refractivity contribution is -0.00214. The summed E-state index contributed by atoms with van der Waals surface area (Å²) in [7, 11) is -1.05. The second-order valence-electron chi connectivity index (χ2n) is 2.81. The quantitative estimate of drug-likeness (QED) is 0.562. The standard InChI is InChI=1S/C8H15O6P/c1-11-15(10,12-2)7(9)3-4-8-13-5-6-14-8/h3-4,7-9H,5-6H2,1-2H3/b4-3+. The highest BCUT2D eigenvalue weighted by Crippen LogP contribution is 2.50. The molecule has 0 bridgehead atoms. The summed E-state index contributed by atoms with van der Waals surface area (Å²) in [4.78, 5) is 0. The molecule has 0 aliphatic carbocycles. The molecule has 0 aromatic carbocycles. The predicted octanol–water partition coefficient (Wildman–Crippen LogP) is 0.720. The van der Waals surface area contributed by atoms with E-state index in [1.807, 2.05) is 0 Å². The molecule has 0 aromatic heterocycles. The molecule has 1 heterocycles. The molecule has 15 heavy (non-hydrogen) atoms. The van der Waals surface area contributed by atoms with Crippen molar-refractivity contribution in [2.75, 3.05) is 27.4 Å². The van der Waals surface area contributed by atoms with Crippen LogP contribution >= 0.6 is 7.60 Å². The monoisotopic (exact) mass is 238 g/mol. The molecule has 0 aromatic rings. The van der Waals surface area contributed by atoms with Gasteiger partial charge in [0, 0.05) is 14.2 Å². The third-order valence-corrected chi connectivity index (χ3v) is 3.76. The fourth-order valence-electron chi connectivity index (χ4n) is 1.07. The largest absolute Gasteiger partial charge is 0.377 e. The Bertz CT molecular complexity index is 252. The molecule has 88 valence electrons. The van der Waals surface area contributed by atoms with E-state index in [1.54, 1.807) is 0 Å². The van der Waals surface area contributed by atoms with Crippen LogP contribution in [0.1, 0.15) is 0 Å². The lowest BCUT2D eigenvalue weighted by Gasteiger charge is -2.16. The number of aliphatic hydroxyl groups is 1. The van der Waals surface area contributed by atoms with Gasteiger partial charge in [0.2, 0.25) is 0 Å². The predicted molar refractivity (Wildman–Crippen MR) is 52.5 cm³/mol. The maximum absolute atomic E-state index is 11.6. The highest BCUT2D eigenvalue weighted by atomic mass is 31.2. The maximum atomic E-state index is 11.6. The molecule has 1 unspecified atom stereocenters. The van der Waals surface area contributed by atoms with Crippen molar-refractivity contribution >= 4 is 7.60 Å². The minimum Gasteiger partial charge on any atom is -0.377 e. The van der Waals surface area contributed by atoms with Crippen LogP contribution in [0.15, 0.2) is 12.2 Å². The third kappa shape index (κ3) is 3.38. The molecular weight excluding hydrogens is 223 g/mol. The van der Waals surface area contributed by atoms with Crippen LogP contribution in [-0.2, 0) is 23.1 Å². The summed E-state index contributed by atoms with van der Waals surface area (Å²) in [6, 6.07) is 0. The molecule has 7 heteroatoms. The van der Waals surface area contributed by atoms with E-state index >= 15 is 0 Å². The van der Waals surface area contributed by atoms with Gasteiger partial charge in [0.25, 0.3) is 0 Å². The van der Waals surface area contributed by atoms with Crippen molar-refractivity contribution in [1.82, 2.24) is 0 Å². The second-order valence-corrected chi connectivity index (χ2v) is 5.15. The van der Waals surface area contributed by atoms with Crippen LogP contribution in [0.3, 0.4) is 0 Å². The van der Waals surface area contributed by atoms with E-state index in [4.69, 9.17) is 9.47 Å². The van der Waals surface area contributed by atoms with Gasteiger partial charge in [-0.05, 0) is 12.2 Å². The fraction of sp³-hybridized carbons (Fsp3) is 0.750. The van der Waals surface area contributed by atoms with Crippen molar-refractivity contribution in [3.8, 4) is 0 Å². The zero-order chi connectivity index (χ0) is 11.3. The van der Waals surface area contributed by atoms with Crippen molar-refractivity contribution < 1.29 is 28.2 Å². The number of ether oxygens (including phenoxy) is 2. The molecule has 1 fully saturated rings. The Kier molecular flexibility index (Phi) is 4.92. The molecule has 1 aliphatic heterocycles. The van der Waals surface area contributed by atoms with Gasteiger partial charge in [-0.1, -0.05) is 0 Å². The summed E-state index contributed by atoms with van der Waals surface area (Å²) in [5.41, 5.74) is 0. The number of hydrogen-bond acceptors (Lipinski definition) is 6. The van der Waals surface area contributed by atoms with Crippen molar-refractivity contribution in [2.24, 2.45) is 0 Å². The van der Waals surface area contributed by atoms with E-state index in [0.29, 0.717) is 13.2 Å². The third-order valence-electron chi connectivity index (χ3n) is 1.92. The summed E-state index contributed by atoms with van der Waals surface area (Å²) < 4.78 is 31.0. The summed E-state index contributed by atoms with van der Waals surface area (Å²) in [6.07, 6.45) is 2.26. The minimum absolute atomic E-state index is 0.498. The summed E-state index contributed by atoms with van der Waals surface area (Å²) in [5, 5.41) is 9.52. The van der Waals surface area contributed by atoms with Crippen molar-refractivity contribution in [3.63, 3.8) is 0 Å². The minimum atomic E-state index is -3.47. The van der Waals surface area contributed by atoms with E-state index in [2.05, 4.69) is 9.05 Å². The summed E-state index contributed by atoms with van der Waals surface area (Å²) in [6.45, 7) is 1.02. The molecule has 1 saturated heterocycles. The lowest BCUT2D eigenvalue weighted by atomic mass is 10.5. The Morgan fingerprint density at radius 3 is 2.40 bits per heavy atom.